The molecule has 2 aromatic heterocycles. The zero-order valence-corrected chi connectivity index (χ0v) is 19.0. The minimum Gasteiger partial charge on any atom is -0.378 e. The lowest BCUT2D eigenvalue weighted by Crippen LogP contribution is -2.35. The van der Waals surface area contributed by atoms with Gasteiger partial charge in [-0.2, -0.15) is 10.2 Å². The average molecular weight is 441 g/mol. The second-order valence-electron chi connectivity index (χ2n) is 8.60. The van der Waals surface area contributed by atoms with Crippen molar-refractivity contribution in [3.63, 3.8) is 0 Å². The molecule has 0 N–H and O–H groups in total. The van der Waals surface area contributed by atoms with Gasteiger partial charge < -0.3 is 9.80 Å². The van der Waals surface area contributed by atoms with Crippen molar-refractivity contribution in [1.82, 2.24) is 19.6 Å². The van der Waals surface area contributed by atoms with Gasteiger partial charge in [0, 0.05) is 50.8 Å². The van der Waals surface area contributed by atoms with E-state index in [9.17, 15) is 4.79 Å². The van der Waals surface area contributed by atoms with E-state index in [1.165, 1.54) is 11.4 Å². The first-order valence-electron chi connectivity index (χ1n) is 11.3. The summed E-state index contributed by atoms with van der Waals surface area (Å²) in [7, 11) is 4.11. The number of hydrogen-bond donors (Lipinski definition) is 0. The molecule has 33 heavy (non-hydrogen) atoms. The highest BCUT2D eigenvalue weighted by molar-refractivity contribution is 5.57. The van der Waals surface area contributed by atoms with Gasteiger partial charge in [0.1, 0.15) is 0 Å². The fraction of sp³-hybridized carbons (Fsp3) is 0.269. The smallest absolute Gasteiger partial charge is 0.209 e. The van der Waals surface area contributed by atoms with Crippen molar-refractivity contribution in [2.45, 2.75) is 18.9 Å². The van der Waals surface area contributed by atoms with Crippen LogP contribution in [0.15, 0.2) is 83.9 Å². The van der Waals surface area contributed by atoms with E-state index in [1.807, 2.05) is 47.3 Å². The van der Waals surface area contributed by atoms with Gasteiger partial charge in [0.15, 0.2) is 5.69 Å². The second-order valence-corrected chi connectivity index (χ2v) is 8.60. The first-order chi connectivity index (χ1) is 16.1. The van der Waals surface area contributed by atoms with Gasteiger partial charge in [-0.05, 0) is 55.3 Å². The summed E-state index contributed by atoms with van der Waals surface area (Å²) in [6.45, 7) is 1.91. The number of nitrogens with zero attached hydrogens (tertiary/aromatic N) is 6. The number of hydrogen-bond acceptors (Lipinski definition) is 5. The lowest BCUT2D eigenvalue weighted by molar-refractivity contribution is 0.362. The van der Waals surface area contributed by atoms with Gasteiger partial charge in [0.2, 0.25) is 5.43 Å². The Bertz CT molecular complexity index is 1270. The molecule has 3 heterocycles. The molecule has 0 unspecified atom stereocenters. The average Bonchev–Trinajstić information content (AvgIpc) is 3.35. The molecule has 0 amide bonds. The fourth-order valence-electron chi connectivity index (χ4n) is 4.41. The van der Waals surface area contributed by atoms with Gasteiger partial charge >= 0.3 is 0 Å². The summed E-state index contributed by atoms with van der Waals surface area (Å²) < 4.78 is 3.74. The monoisotopic (exact) mass is 440 g/mol. The molecule has 0 saturated carbocycles. The largest absolute Gasteiger partial charge is 0.378 e. The van der Waals surface area contributed by atoms with Crippen LogP contribution in [0.5, 0.6) is 0 Å². The standard InChI is InChI=1S/C26H28N6O/c1-29(2)20-8-10-21(11-9-20)30-17-13-22(14-18-30)31-19-15-25(33)26(28-31)24-12-16-27-32(24)23-6-4-3-5-7-23/h3-12,15-16,19,22H,13-14,17-18H2,1-2H3. The van der Waals surface area contributed by atoms with Crippen LogP contribution in [0.4, 0.5) is 11.4 Å². The van der Waals surface area contributed by atoms with Crippen molar-refractivity contribution in [3.05, 3.63) is 89.3 Å². The summed E-state index contributed by atoms with van der Waals surface area (Å²) in [5.41, 5.74) is 4.40. The third-order valence-corrected chi connectivity index (χ3v) is 6.28. The lowest BCUT2D eigenvalue weighted by Gasteiger charge is -2.34. The highest BCUT2D eigenvalue weighted by atomic mass is 16.1. The van der Waals surface area contributed by atoms with Crippen molar-refractivity contribution in [2.75, 3.05) is 37.0 Å². The molecule has 0 bridgehead atoms. The Hall–Kier alpha value is -3.87. The highest BCUT2D eigenvalue weighted by Crippen LogP contribution is 2.28. The van der Waals surface area contributed by atoms with Crippen LogP contribution in [0.3, 0.4) is 0 Å². The zero-order chi connectivity index (χ0) is 22.8. The summed E-state index contributed by atoms with van der Waals surface area (Å²) >= 11 is 0. The maximum absolute atomic E-state index is 12.7. The van der Waals surface area contributed by atoms with Gasteiger partial charge in [0.05, 0.1) is 23.6 Å². The van der Waals surface area contributed by atoms with Crippen molar-refractivity contribution >= 4 is 11.4 Å². The molecule has 0 spiro atoms. The third-order valence-electron chi connectivity index (χ3n) is 6.28. The van der Waals surface area contributed by atoms with Crippen LogP contribution in [0.1, 0.15) is 18.9 Å². The van der Waals surface area contributed by atoms with E-state index in [0.29, 0.717) is 11.4 Å². The first kappa shape index (κ1) is 21.0. The third kappa shape index (κ3) is 4.26. The summed E-state index contributed by atoms with van der Waals surface area (Å²) in [5.74, 6) is 0. The minimum atomic E-state index is -0.0950. The van der Waals surface area contributed by atoms with Gasteiger partial charge in [-0.3, -0.25) is 9.48 Å². The maximum atomic E-state index is 12.7. The molecular formula is C26H28N6O. The van der Waals surface area contributed by atoms with E-state index >= 15 is 0 Å². The topological polar surface area (TPSA) is 59.2 Å². The van der Waals surface area contributed by atoms with Crippen molar-refractivity contribution in [1.29, 1.82) is 0 Å². The number of rotatable bonds is 5. The van der Waals surface area contributed by atoms with E-state index in [1.54, 1.807) is 16.9 Å². The van der Waals surface area contributed by atoms with Crippen molar-refractivity contribution < 1.29 is 0 Å². The van der Waals surface area contributed by atoms with Crippen molar-refractivity contribution in [3.8, 4) is 17.1 Å². The Morgan fingerprint density at radius 2 is 1.61 bits per heavy atom. The molecule has 1 aliphatic rings. The molecule has 0 atom stereocenters. The van der Waals surface area contributed by atoms with E-state index < -0.39 is 0 Å². The molecule has 1 aliphatic heterocycles. The molecule has 4 aromatic rings. The normalized spacial score (nSPS) is 14.4. The van der Waals surface area contributed by atoms with E-state index in [0.717, 1.165) is 31.6 Å². The molecule has 1 saturated heterocycles. The Balaban J connectivity index is 1.35. The van der Waals surface area contributed by atoms with E-state index in [4.69, 9.17) is 5.10 Å². The number of piperidine rings is 1. The van der Waals surface area contributed by atoms with Crippen molar-refractivity contribution in [2.24, 2.45) is 0 Å². The number of para-hydroxylation sites is 1. The molecule has 1 fully saturated rings. The molecule has 7 nitrogen and oxygen atoms in total. The number of benzene rings is 2. The predicted molar refractivity (Wildman–Crippen MR) is 132 cm³/mol. The summed E-state index contributed by atoms with van der Waals surface area (Å²) in [6, 6.07) is 22.2. The van der Waals surface area contributed by atoms with E-state index in [-0.39, 0.29) is 11.5 Å². The van der Waals surface area contributed by atoms with Gasteiger partial charge in [-0.15, -0.1) is 0 Å². The molecule has 0 radical (unpaired) electrons. The molecule has 0 aliphatic carbocycles. The number of aromatic nitrogens is 4. The van der Waals surface area contributed by atoms with Crippen LogP contribution >= 0.6 is 0 Å². The Kier molecular flexibility index (Phi) is 5.69. The quantitative estimate of drug-likeness (QED) is 0.469. The molecule has 5 rings (SSSR count). The summed E-state index contributed by atoms with van der Waals surface area (Å²) in [6.07, 6.45) is 5.48. The van der Waals surface area contributed by atoms with Gasteiger partial charge in [-0.1, -0.05) is 18.2 Å². The van der Waals surface area contributed by atoms with Crippen LogP contribution in [0.25, 0.3) is 17.1 Å². The van der Waals surface area contributed by atoms with Gasteiger partial charge in [-0.25, -0.2) is 4.68 Å². The summed E-state index contributed by atoms with van der Waals surface area (Å²) in [5, 5.41) is 9.20. The lowest BCUT2D eigenvalue weighted by atomic mass is 10.0. The fourth-order valence-corrected chi connectivity index (χ4v) is 4.41. The Labute approximate surface area is 193 Å². The van der Waals surface area contributed by atoms with Crippen LogP contribution < -0.4 is 15.2 Å². The van der Waals surface area contributed by atoms with E-state index in [2.05, 4.69) is 53.3 Å². The van der Waals surface area contributed by atoms with Crippen LogP contribution in [0, 0.1) is 0 Å². The van der Waals surface area contributed by atoms with Crippen LogP contribution in [0.2, 0.25) is 0 Å². The Morgan fingerprint density at radius 3 is 2.30 bits per heavy atom. The minimum absolute atomic E-state index is 0.0950. The Morgan fingerprint density at radius 1 is 0.879 bits per heavy atom. The molecule has 168 valence electrons. The number of anilines is 2. The predicted octanol–water partition coefficient (Wildman–Crippen LogP) is 4.00. The first-order valence-corrected chi connectivity index (χ1v) is 11.3. The zero-order valence-electron chi connectivity index (χ0n) is 19.0. The summed E-state index contributed by atoms with van der Waals surface area (Å²) in [4.78, 5) is 17.3. The van der Waals surface area contributed by atoms with Crippen LogP contribution in [-0.4, -0.2) is 46.7 Å². The molecule has 2 aromatic carbocycles. The second kappa shape index (κ2) is 8.94. The molecular weight excluding hydrogens is 412 g/mol. The molecule has 7 heteroatoms. The van der Waals surface area contributed by atoms with Crippen LogP contribution in [-0.2, 0) is 0 Å². The maximum Gasteiger partial charge on any atom is 0.209 e. The SMILES string of the molecule is CN(C)c1ccc(N2CCC(n3ccc(=O)c(-c4ccnn4-c4ccccc4)n3)CC2)cc1. The van der Waals surface area contributed by atoms with Gasteiger partial charge in [0.25, 0.3) is 0 Å². The highest BCUT2D eigenvalue weighted by Gasteiger charge is 2.22.